The molecule has 0 aliphatic carbocycles. The van der Waals surface area contributed by atoms with E-state index in [2.05, 4.69) is 46.6 Å². The highest BCUT2D eigenvalue weighted by molar-refractivity contribution is 5.75. The zero-order valence-corrected chi connectivity index (χ0v) is 11.2. The van der Waals surface area contributed by atoms with E-state index in [9.17, 15) is 0 Å². The smallest absolute Gasteiger partial charge is 0.107 e. The highest BCUT2D eigenvalue weighted by atomic mass is 15.1. The lowest BCUT2D eigenvalue weighted by Crippen LogP contribution is -2.19. The molecule has 3 heteroatoms. The van der Waals surface area contributed by atoms with Gasteiger partial charge in [0.15, 0.2) is 0 Å². The third kappa shape index (κ3) is 2.79. The van der Waals surface area contributed by atoms with E-state index in [1.54, 1.807) is 0 Å². The zero-order valence-electron chi connectivity index (χ0n) is 11.2. The third-order valence-electron chi connectivity index (χ3n) is 3.03. The topological polar surface area (TPSA) is 29.9 Å². The summed E-state index contributed by atoms with van der Waals surface area (Å²) in [4.78, 5) is 4.56. The molecular formula is C15H21N3. The molecule has 0 saturated heterocycles. The molecule has 0 aliphatic heterocycles. The van der Waals surface area contributed by atoms with Crippen molar-refractivity contribution in [3.05, 3.63) is 42.2 Å². The first kappa shape index (κ1) is 12.8. The van der Waals surface area contributed by atoms with Gasteiger partial charge in [-0.15, -0.1) is 0 Å². The van der Waals surface area contributed by atoms with Crippen molar-refractivity contribution in [1.82, 2.24) is 14.9 Å². The van der Waals surface area contributed by atoms with Crippen LogP contribution < -0.4 is 5.32 Å². The van der Waals surface area contributed by atoms with Crippen molar-refractivity contribution in [3.8, 4) is 0 Å². The summed E-state index contributed by atoms with van der Waals surface area (Å²) in [5, 5.41) is 3.38. The highest BCUT2D eigenvalue weighted by Gasteiger charge is 2.07. The maximum Gasteiger partial charge on any atom is 0.107 e. The molecule has 0 spiro atoms. The number of hydrogen-bond acceptors (Lipinski definition) is 2. The fourth-order valence-electron chi connectivity index (χ4n) is 2.12. The van der Waals surface area contributed by atoms with Crippen LogP contribution >= 0.6 is 0 Å². The predicted molar refractivity (Wildman–Crippen MR) is 76.8 cm³/mol. The van der Waals surface area contributed by atoms with Crippen LogP contribution in [0, 0.1) is 6.92 Å². The van der Waals surface area contributed by atoms with Gasteiger partial charge in [0.1, 0.15) is 5.82 Å². The Labute approximate surface area is 109 Å². The number of benzene rings is 1. The molecule has 1 N–H and O–H groups in total. The van der Waals surface area contributed by atoms with Crippen LogP contribution in [0.1, 0.15) is 19.2 Å². The maximum atomic E-state index is 4.56. The first-order valence-corrected chi connectivity index (χ1v) is 6.51. The molecule has 3 nitrogen and oxygen atoms in total. The van der Waals surface area contributed by atoms with Gasteiger partial charge >= 0.3 is 0 Å². The van der Waals surface area contributed by atoms with Crippen molar-refractivity contribution in [2.75, 3.05) is 13.1 Å². The van der Waals surface area contributed by atoms with Gasteiger partial charge in [0.2, 0.25) is 0 Å². The van der Waals surface area contributed by atoms with E-state index in [4.69, 9.17) is 0 Å². The second-order valence-corrected chi connectivity index (χ2v) is 4.66. The Morgan fingerprint density at radius 2 is 2.17 bits per heavy atom. The first-order chi connectivity index (χ1) is 8.72. The number of fused-ring (bicyclic) bond motifs is 1. The van der Waals surface area contributed by atoms with E-state index >= 15 is 0 Å². The number of nitrogens with zero attached hydrogens (tertiary/aromatic N) is 2. The van der Waals surface area contributed by atoms with E-state index in [0.29, 0.717) is 0 Å². The summed E-state index contributed by atoms with van der Waals surface area (Å²) in [5.41, 5.74) is 3.44. The van der Waals surface area contributed by atoms with Crippen LogP contribution in [0.2, 0.25) is 0 Å². The molecule has 2 rings (SSSR count). The molecule has 96 valence electrons. The van der Waals surface area contributed by atoms with Crippen LogP contribution in [0.15, 0.2) is 36.4 Å². The molecule has 2 aromatic rings. The Morgan fingerprint density at radius 1 is 1.39 bits per heavy atom. The molecular weight excluding hydrogens is 222 g/mol. The molecule has 0 aliphatic rings. The number of rotatable bonds is 6. The lowest BCUT2D eigenvalue weighted by Gasteiger charge is -2.10. The van der Waals surface area contributed by atoms with Crippen molar-refractivity contribution in [3.63, 3.8) is 0 Å². The van der Waals surface area contributed by atoms with E-state index < -0.39 is 0 Å². The number of aryl methyl sites for hydroxylation is 1. The van der Waals surface area contributed by atoms with Crippen LogP contribution in [-0.2, 0) is 6.54 Å². The van der Waals surface area contributed by atoms with Crippen LogP contribution in [-0.4, -0.2) is 22.6 Å². The molecule has 0 unspecified atom stereocenters. The van der Waals surface area contributed by atoms with Gasteiger partial charge in [-0.2, -0.15) is 0 Å². The van der Waals surface area contributed by atoms with E-state index in [0.717, 1.165) is 37.4 Å². The van der Waals surface area contributed by atoms with E-state index in [1.165, 1.54) is 11.1 Å². The Morgan fingerprint density at radius 3 is 2.94 bits per heavy atom. The Bertz CT molecular complexity index is 540. The highest BCUT2D eigenvalue weighted by Crippen LogP contribution is 2.16. The standard InChI is InChI=1S/C15H21N3/c1-4-9-16-10-12(2)11-18-13(3)17-14-7-5-6-8-15(14)18/h5-8,16H,2,4,9-11H2,1,3H3. The molecule has 0 fully saturated rings. The van der Waals surface area contributed by atoms with Crippen LogP contribution in [0.4, 0.5) is 0 Å². The maximum absolute atomic E-state index is 4.56. The minimum absolute atomic E-state index is 0.836. The lowest BCUT2D eigenvalue weighted by atomic mass is 10.2. The second kappa shape index (κ2) is 5.83. The fourth-order valence-corrected chi connectivity index (χ4v) is 2.12. The average molecular weight is 243 g/mol. The van der Waals surface area contributed by atoms with Gasteiger partial charge in [-0.05, 0) is 37.6 Å². The van der Waals surface area contributed by atoms with Crippen LogP contribution in [0.25, 0.3) is 11.0 Å². The fraction of sp³-hybridized carbons (Fsp3) is 0.400. The molecule has 0 saturated carbocycles. The van der Waals surface area contributed by atoms with Gasteiger partial charge in [-0.3, -0.25) is 0 Å². The Hall–Kier alpha value is -1.61. The molecule has 1 heterocycles. The second-order valence-electron chi connectivity index (χ2n) is 4.66. The molecule has 1 aromatic carbocycles. The molecule has 1 aromatic heterocycles. The number of imidazole rings is 1. The molecule has 0 radical (unpaired) electrons. The van der Waals surface area contributed by atoms with E-state index in [1.807, 2.05) is 13.0 Å². The molecule has 0 amide bonds. The third-order valence-corrected chi connectivity index (χ3v) is 3.03. The van der Waals surface area contributed by atoms with Gasteiger partial charge in [0.25, 0.3) is 0 Å². The molecule has 18 heavy (non-hydrogen) atoms. The Balaban J connectivity index is 2.11. The molecule has 0 atom stereocenters. The minimum Gasteiger partial charge on any atom is -0.324 e. The minimum atomic E-state index is 0.836. The summed E-state index contributed by atoms with van der Waals surface area (Å²) in [6, 6.07) is 8.24. The van der Waals surface area contributed by atoms with Crippen molar-refractivity contribution in [2.24, 2.45) is 0 Å². The van der Waals surface area contributed by atoms with Crippen molar-refractivity contribution >= 4 is 11.0 Å². The average Bonchev–Trinajstić information content (AvgIpc) is 2.67. The van der Waals surface area contributed by atoms with Gasteiger partial charge in [0, 0.05) is 13.1 Å². The summed E-state index contributed by atoms with van der Waals surface area (Å²) in [5.74, 6) is 1.05. The summed E-state index contributed by atoms with van der Waals surface area (Å²) in [6.07, 6.45) is 1.15. The predicted octanol–water partition coefficient (Wildman–Crippen LogP) is 2.90. The van der Waals surface area contributed by atoms with E-state index in [-0.39, 0.29) is 0 Å². The van der Waals surface area contributed by atoms with Gasteiger partial charge in [0.05, 0.1) is 11.0 Å². The number of nitrogens with one attached hydrogen (secondary N) is 1. The van der Waals surface area contributed by atoms with Gasteiger partial charge in [-0.1, -0.05) is 25.6 Å². The van der Waals surface area contributed by atoms with Crippen molar-refractivity contribution in [1.29, 1.82) is 0 Å². The lowest BCUT2D eigenvalue weighted by molar-refractivity contribution is 0.673. The summed E-state index contributed by atoms with van der Waals surface area (Å²) >= 11 is 0. The quantitative estimate of drug-likeness (QED) is 0.624. The van der Waals surface area contributed by atoms with Crippen molar-refractivity contribution in [2.45, 2.75) is 26.8 Å². The van der Waals surface area contributed by atoms with Crippen molar-refractivity contribution < 1.29 is 0 Å². The van der Waals surface area contributed by atoms with Crippen LogP contribution in [0.3, 0.4) is 0 Å². The normalized spacial score (nSPS) is 11.0. The van der Waals surface area contributed by atoms with Gasteiger partial charge < -0.3 is 9.88 Å². The zero-order chi connectivity index (χ0) is 13.0. The summed E-state index contributed by atoms with van der Waals surface area (Å²) in [6.45, 7) is 11.1. The number of para-hydroxylation sites is 2. The summed E-state index contributed by atoms with van der Waals surface area (Å²) < 4.78 is 2.23. The largest absolute Gasteiger partial charge is 0.324 e. The number of hydrogen-bond donors (Lipinski definition) is 1. The first-order valence-electron chi connectivity index (χ1n) is 6.51. The number of aromatic nitrogens is 2. The SMILES string of the molecule is C=C(CNCCC)Cn1c(C)nc2ccccc21. The molecule has 0 bridgehead atoms. The van der Waals surface area contributed by atoms with Gasteiger partial charge in [-0.25, -0.2) is 4.98 Å². The Kier molecular flexibility index (Phi) is 4.15. The summed E-state index contributed by atoms with van der Waals surface area (Å²) in [7, 11) is 0. The monoisotopic (exact) mass is 243 g/mol. The van der Waals surface area contributed by atoms with Crippen LogP contribution in [0.5, 0.6) is 0 Å².